The third-order valence-corrected chi connectivity index (χ3v) is 1.91. The summed E-state index contributed by atoms with van der Waals surface area (Å²) in [5, 5.41) is -0.210. The van der Waals surface area contributed by atoms with Gasteiger partial charge in [-0.05, 0) is 23.9 Å². The molecule has 0 heterocycles. The highest BCUT2D eigenvalue weighted by Crippen LogP contribution is 2.41. The first-order valence-electron chi connectivity index (χ1n) is 3.24. The van der Waals surface area contributed by atoms with Crippen LogP contribution >= 0.6 is 11.6 Å². The van der Waals surface area contributed by atoms with Crippen molar-refractivity contribution in [1.82, 2.24) is 0 Å². The molecule has 0 amide bonds. The third-order valence-electron chi connectivity index (χ3n) is 1.63. The molecule has 1 fully saturated rings. The lowest BCUT2D eigenvalue weighted by atomic mass is 10.3. The molecule has 0 aromatic heterocycles. The zero-order valence-corrected chi connectivity index (χ0v) is 6.34. The van der Waals surface area contributed by atoms with Gasteiger partial charge in [0, 0.05) is 5.92 Å². The number of hydrogen-bond acceptors (Lipinski definition) is 1. The van der Waals surface area contributed by atoms with Crippen molar-refractivity contribution in [2.24, 2.45) is 11.8 Å². The maximum atomic E-state index is 10.5. The zero-order chi connectivity index (χ0) is 7.56. The van der Waals surface area contributed by atoms with Gasteiger partial charge >= 0.3 is 0 Å². The van der Waals surface area contributed by atoms with Crippen LogP contribution in [0.5, 0.6) is 0 Å². The molecule has 0 spiro atoms. The molecule has 10 heavy (non-hydrogen) atoms. The number of allylic oxidation sites excluding steroid dienone is 3. The Bertz CT molecular complexity index is 184. The summed E-state index contributed by atoms with van der Waals surface area (Å²) in [6.45, 7) is 3.53. The molecule has 0 aliphatic heterocycles. The Hall–Kier alpha value is -0.560. The highest BCUT2D eigenvalue weighted by molar-refractivity contribution is 6.64. The van der Waals surface area contributed by atoms with Crippen LogP contribution in [-0.4, -0.2) is 5.24 Å². The predicted octanol–water partition coefficient (Wildman–Crippen LogP) is 2.13. The van der Waals surface area contributed by atoms with E-state index in [9.17, 15) is 4.79 Å². The first-order chi connectivity index (χ1) is 4.75. The van der Waals surface area contributed by atoms with Crippen LogP contribution < -0.4 is 0 Å². The monoisotopic (exact) mass is 156 g/mol. The SMILES string of the molecule is C=C/C=C/[C@@H]1C[C@H]1C(=O)Cl. The fraction of sp³-hybridized carbons (Fsp3) is 0.375. The van der Waals surface area contributed by atoms with E-state index in [1.54, 1.807) is 6.08 Å². The Balaban J connectivity index is 2.32. The van der Waals surface area contributed by atoms with Crippen molar-refractivity contribution in [3.63, 3.8) is 0 Å². The van der Waals surface area contributed by atoms with E-state index in [2.05, 4.69) is 6.58 Å². The van der Waals surface area contributed by atoms with Gasteiger partial charge in [0.1, 0.15) is 0 Å². The van der Waals surface area contributed by atoms with Gasteiger partial charge in [0.05, 0.1) is 0 Å². The van der Waals surface area contributed by atoms with E-state index in [0.29, 0.717) is 5.92 Å². The second-order valence-corrected chi connectivity index (χ2v) is 2.80. The summed E-state index contributed by atoms with van der Waals surface area (Å²) in [5.74, 6) is 0.459. The van der Waals surface area contributed by atoms with E-state index in [1.807, 2.05) is 12.2 Å². The van der Waals surface area contributed by atoms with Crippen LogP contribution in [0.15, 0.2) is 24.8 Å². The minimum atomic E-state index is -0.210. The molecule has 1 nitrogen and oxygen atoms in total. The van der Waals surface area contributed by atoms with Crippen molar-refractivity contribution in [1.29, 1.82) is 0 Å². The molecule has 0 unspecified atom stereocenters. The van der Waals surface area contributed by atoms with Gasteiger partial charge in [0.15, 0.2) is 0 Å². The highest BCUT2D eigenvalue weighted by Gasteiger charge is 2.39. The van der Waals surface area contributed by atoms with Crippen molar-refractivity contribution in [2.45, 2.75) is 6.42 Å². The molecular weight excluding hydrogens is 148 g/mol. The molecule has 1 aliphatic rings. The molecule has 1 aliphatic carbocycles. The average molecular weight is 157 g/mol. The van der Waals surface area contributed by atoms with E-state index in [-0.39, 0.29) is 11.2 Å². The topological polar surface area (TPSA) is 17.1 Å². The van der Waals surface area contributed by atoms with Gasteiger partial charge in [-0.25, -0.2) is 0 Å². The maximum absolute atomic E-state index is 10.5. The van der Waals surface area contributed by atoms with Gasteiger partial charge in [-0.15, -0.1) is 0 Å². The van der Waals surface area contributed by atoms with Crippen LogP contribution in [-0.2, 0) is 4.79 Å². The lowest BCUT2D eigenvalue weighted by molar-refractivity contribution is -0.112. The summed E-state index contributed by atoms with van der Waals surface area (Å²) in [5.41, 5.74) is 0. The summed E-state index contributed by atoms with van der Waals surface area (Å²) in [6, 6.07) is 0. The molecular formula is C8H9ClO. The predicted molar refractivity (Wildman–Crippen MR) is 41.8 cm³/mol. The van der Waals surface area contributed by atoms with Crippen molar-refractivity contribution >= 4 is 16.8 Å². The van der Waals surface area contributed by atoms with Crippen LogP contribution in [0.1, 0.15) is 6.42 Å². The van der Waals surface area contributed by atoms with E-state index in [4.69, 9.17) is 11.6 Å². The lowest BCUT2D eigenvalue weighted by Crippen LogP contribution is -1.89. The Labute approximate surface area is 65.4 Å². The second kappa shape index (κ2) is 3.02. The molecule has 0 N–H and O–H groups in total. The average Bonchev–Trinajstić information content (AvgIpc) is 2.62. The van der Waals surface area contributed by atoms with Gasteiger partial charge in [-0.1, -0.05) is 24.8 Å². The van der Waals surface area contributed by atoms with Crippen LogP contribution in [0.4, 0.5) is 0 Å². The minimum Gasteiger partial charge on any atom is -0.281 e. The summed E-state index contributed by atoms with van der Waals surface area (Å²) >= 11 is 5.25. The van der Waals surface area contributed by atoms with E-state index in [1.165, 1.54) is 0 Å². The van der Waals surface area contributed by atoms with Crippen LogP contribution in [0, 0.1) is 11.8 Å². The summed E-state index contributed by atoms with van der Waals surface area (Å²) in [4.78, 5) is 10.5. The summed E-state index contributed by atoms with van der Waals surface area (Å²) in [6.07, 6.45) is 6.43. The molecule has 0 bridgehead atoms. The third kappa shape index (κ3) is 1.71. The van der Waals surface area contributed by atoms with Gasteiger partial charge in [-0.3, -0.25) is 4.79 Å². The largest absolute Gasteiger partial charge is 0.281 e. The smallest absolute Gasteiger partial charge is 0.225 e. The standard InChI is InChI=1S/C8H9ClO/c1-2-3-4-6-5-7(6)8(9)10/h2-4,6-7H,1,5H2/b4-3+/t6-,7-/m1/s1. The summed E-state index contributed by atoms with van der Waals surface area (Å²) < 4.78 is 0. The summed E-state index contributed by atoms with van der Waals surface area (Å²) in [7, 11) is 0. The van der Waals surface area contributed by atoms with Crippen molar-refractivity contribution in [2.75, 3.05) is 0 Å². The minimum absolute atomic E-state index is 0.0814. The van der Waals surface area contributed by atoms with Crippen molar-refractivity contribution in [3.05, 3.63) is 24.8 Å². The Morgan fingerprint density at radius 1 is 1.70 bits per heavy atom. The van der Waals surface area contributed by atoms with Gasteiger partial charge in [0.2, 0.25) is 5.24 Å². The van der Waals surface area contributed by atoms with E-state index in [0.717, 1.165) is 6.42 Å². The van der Waals surface area contributed by atoms with Crippen LogP contribution in [0.25, 0.3) is 0 Å². The number of hydrogen-bond donors (Lipinski definition) is 0. The Morgan fingerprint density at radius 2 is 2.40 bits per heavy atom. The van der Waals surface area contributed by atoms with Gasteiger partial charge in [0.25, 0.3) is 0 Å². The fourth-order valence-corrected chi connectivity index (χ4v) is 1.16. The molecule has 1 saturated carbocycles. The van der Waals surface area contributed by atoms with Gasteiger partial charge < -0.3 is 0 Å². The molecule has 54 valence electrons. The Kier molecular flexibility index (Phi) is 2.28. The molecule has 0 radical (unpaired) electrons. The quantitative estimate of drug-likeness (QED) is 0.452. The molecule has 0 aromatic rings. The van der Waals surface area contributed by atoms with Gasteiger partial charge in [-0.2, -0.15) is 0 Å². The molecule has 0 saturated heterocycles. The molecule has 0 aromatic carbocycles. The number of halogens is 1. The normalized spacial score (nSPS) is 30.5. The second-order valence-electron chi connectivity index (χ2n) is 2.43. The highest BCUT2D eigenvalue weighted by atomic mass is 35.5. The van der Waals surface area contributed by atoms with E-state index < -0.39 is 0 Å². The first-order valence-corrected chi connectivity index (χ1v) is 3.62. The number of carbonyl (C=O) groups excluding carboxylic acids is 1. The molecule has 1 rings (SSSR count). The van der Waals surface area contributed by atoms with Crippen molar-refractivity contribution in [3.8, 4) is 0 Å². The zero-order valence-electron chi connectivity index (χ0n) is 5.59. The fourth-order valence-electron chi connectivity index (χ4n) is 0.910. The number of rotatable bonds is 3. The Morgan fingerprint density at radius 3 is 2.80 bits per heavy atom. The van der Waals surface area contributed by atoms with Crippen molar-refractivity contribution < 1.29 is 4.79 Å². The molecule has 2 atom stereocenters. The molecule has 2 heteroatoms. The maximum Gasteiger partial charge on any atom is 0.225 e. The number of carbonyl (C=O) groups is 1. The van der Waals surface area contributed by atoms with Crippen LogP contribution in [0.2, 0.25) is 0 Å². The first kappa shape index (κ1) is 7.55. The van der Waals surface area contributed by atoms with Crippen LogP contribution in [0.3, 0.4) is 0 Å². The van der Waals surface area contributed by atoms with E-state index >= 15 is 0 Å². The lowest BCUT2D eigenvalue weighted by Gasteiger charge is -1.81.